The molecule has 0 spiro atoms. The number of nitrogens with zero attached hydrogens (tertiary/aromatic N) is 1. The minimum absolute atomic E-state index is 0.237. The van der Waals surface area contributed by atoms with Gasteiger partial charge in [0.2, 0.25) is 0 Å². The largest absolute Gasteiger partial charge is 0.416 e. The number of anilines is 2. The van der Waals surface area contributed by atoms with Crippen molar-refractivity contribution in [2.45, 2.75) is 32.4 Å². The molecule has 4 nitrogen and oxygen atoms in total. The molecule has 1 rings (SSSR count). The zero-order chi connectivity index (χ0) is 15.7. The molecule has 0 aliphatic heterocycles. The van der Waals surface area contributed by atoms with Crippen LogP contribution in [0.2, 0.25) is 0 Å². The van der Waals surface area contributed by atoms with E-state index in [1.807, 2.05) is 6.92 Å². The molecule has 1 aromatic rings. The topological polar surface area (TPSA) is 46.2 Å². The summed E-state index contributed by atoms with van der Waals surface area (Å²) in [6.07, 6.45) is -1.90. The third-order valence-corrected chi connectivity index (χ3v) is 2.79. The summed E-state index contributed by atoms with van der Waals surface area (Å²) in [4.78, 5) is 4.15. The summed E-state index contributed by atoms with van der Waals surface area (Å²) in [7, 11) is 1.62. The Morgan fingerprint density at radius 2 is 1.71 bits per heavy atom. The van der Waals surface area contributed by atoms with E-state index < -0.39 is 11.7 Å². The van der Waals surface area contributed by atoms with Gasteiger partial charge in [-0.05, 0) is 31.4 Å². The van der Waals surface area contributed by atoms with Gasteiger partial charge in [0, 0.05) is 26.8 Å². The zero-order valence-corrected chi connectivity index (χ0v) is 12.4. The van der Waals surface area contributed by atoms with Crippen LogP contribution in [0.5, 0.6) is 0 Å². The van der Waals surface area contributed by atoms with Crippen molar-refractivity contribution >= 4 is 11.6 Å². The maximum atomic E-state index is 12.9. The van der Waals surface area contributed by atoms with Crippen molar-refractivity contribution in [3.05, 3.63) is 17.7 Å². The molecule has 0 aliphatic rings. The van der Waals surface area contributed by atoms with Crippen molar-refractivity contribution in [3.63, 3.8) is 0 Å². The summed E-state index contributed by atoms with van der Waals surface area (Å²) in [5, 5.41) is 5.81. The molecule has 0 unspecified atom stereocenters. The Labute approximate surface area is 123 Å². The number of hydrogen-bond donors (Lipinski definition) is 2. The van der Waals surface area contributed by atoms with E-state index in [4.69, 9.17) is 4.74 Å². The highest BCUT2D eigenvalue weighted by molar-refractivity contribution is 5.49. The highest BCUT2D eigenvalue weighted by atomic mass is 19.4. The van der Waals surface area contributed by atoms with Crippen LogP contribution >= 0.6 is 0 Å². The van der Waals surface area contributed by atoms with Gasteiger partial charge in [0.05, 0.1) is 5.56 Å². The van der Waals surface area contributed by atoms with Crippen molar-refractivity contribution in [3.8, 4) is 0 Å². The number of ether oxygens (including phenoxy) is 1. The van der Waals surface area contributed by atoms with Crippen molar-refractivity contribution < 1.29 is 17.9 Å². The first-order valence-corrected chi connectivity index (χ1v) is 7.03. The normalized spacial score (nSPS) is 11.5. The average Bonchev–Trinajstić information content (AvgIpc) is 2.44. The number of nitrogens with one attached hydrogen (secondary N) is 2. The lowest BCUT2D eigenvalue weighted by Crippen LogP contribution is -2.12. The molecule has 120 valence electrons. The van der Waals surface area contributed by atoms with E-state index in [-0.39, 0.29) is 11.6 Å². The molecule has 21 heavy (non-hydrogen) atoms. The highest BCUT2D eigenvalue weighted by Gasteiger charge is 2.31. The molecule has 2 N–H and O–H groups in total. The second kappa shape index (κ2) is 8.71. The minimum Gasteiger partial charge on any atom is -0.385 e. The maximum absolute atomic E-state index is 12.9. The zero-order valence-electron chi connectivity index (χ0n) is 12.4. The highest BCUT2D eigenvalue weighted by Crippen LogP contribution is 2.32. The van der Waals surface area contributed by atoms with Crippen LogP contribution in [0.15, 0.2) is 12.1 Å². The fraction of sp³-hybridized carbons (Fsp3) is 0.643. The number of halogens is 3. The molecule has 0 aliphatic carbocycles. The van der Waals surface area contributed by atoms with Crippen LogP contribution < -0.4 is 10.6 Å². The fourth-order valence-corrected chi connectivity index (χ4v) is 1.72. The lowest BCUT2D eigenvalue weighted by atomic mass is 10.2. The standard InChI is InChI=1S/C14H22F3N3O/c1-3-6-18-12-9-11(14(15,16)17)10-13(20-12)19-7-4-5-8-21-2/h9-10H,3-8H2,1-2H3,(H2,18,19,20). The van der Waals surface area contributed by atoms with E-state index in [0.29, 0.717) is 19.7 Å². The van der Waals surface area contributed by atoms with E-state index in [9.17, 15) is 13.2 Å². The molecular formula is C14H22F3N3O. The lowest BCUT2D eigenvalue weighted by molar-refractivity contribution is -0.137. The summed E-state index contributed by atoms with van der Waals surface area (Å²) < 4.78 is 43.5. The third-order valence-electron chi connectivity index (χ3n) is 2.79. The first kappa shape index (κ1) is 17.6. The van der Waals surface area contributed by atoms with Crippen LogP contribution in [0.3, 0.4) is 0 Å². The number of unbranched alkanes of at least 4 members (excludes halogenated alkanes) is 1. The van der Waals surface area contributed by atoms with E-state index in [0.717, 1.165) is 31.4 Å². The Morgan fingerprint density at radius 3 is 2.24 bits per heavy atom. The van der Waals surface area contributed by atoms with Gasteiger partial charge in [-0.1, -0.05) is 6.92 Å². The number of methoxy groups -OCH3 is 1. The predicted octanol–water partition coefficient (Wildman–Crippen LogP) is 3.76. The molecule has 0 amide bonds. The molecule has 0 bridgehead atoms. The van der Waals surface area contributed by atoms with Crippen molar-refractivity contribution in [1.82, 2.24) is 4.98 Å². The van der Waals surface area contributed by atoms with Gasteiger partial charge < -0.3 is 15.4 Å². The second-order valence-electron chi connectivity index (χ2n) is 4.68. The smallest absolute Gasteiger partial charge is 0.385 e. The molecule has 7 heteroatoms. The number of alkyl halides is 3. The van der Waals surface area contributed by atoms with Gasteiger partial charge in [-0.15, -0.1) is 0 Å². The second-order valence-corrected chi connectivity index (χ2v) is 4.68. The van der Waals surface area contributed by atoms with E-state index >= 15 is 0 Å². The van der Waals surface area contributed by atoms with Gasteiger partial charge in [0.25, 0.3) is 0 Å². The molecule has 1 aromatic heterocycles. The predicted molar refractivity (Wildman–Crippen MR) is 77.6 cm³/mol. The number of aromatic nitrogens is 1. The molecule has 1 heterocycles. The van der Waals surface area contributed by atoms with Crippen LogP contribution in [0.4, 0.5) is 24.8 Å². The van der Waals surface area contributed by atoms with Crippen LogP contribution in [-0.2, 0) is 10.9 Å². The fourth-order valence-electron chi connectivity index (χ4n) is 1.72. The number of rotatable bonds is 9. The summed E-state index contributed by atoms with van der Waals surface area (Å²) in [5.74, 6) is 0.479. The van der Waals surface area contributed by atoms with Gasteiger partial charge >= 0.3 is 6.18 Å². The number of pyridine rings is 1. The first-order valence-electron chi connectivity index (χ1n) is 7.03. The summed E-state index contributed by atoms with van der Waals surface area (Å²) in [6, 6.07) is 2.07. The van der Waals surface area contributed by atoms with Crippen LogP contribution in [0.1, 0.15) is 31.7 Å². The van der Waals surface area contributed by atoms with Gasteiger partial charge in [0.15, 0.2) is 0 Å². The Morgan fingerprint density at radius 1 is 1.10 bits per heavy atom. The van der Waals surface area contributed by atoms with E-state index in [1.54, 1.807) is 7.11 Å². The third kappa shape index (κ3) is 6.66. The Kier molecular flexibility index (Phi) is 7.28. The quantitative estimate of drug-likeness (QED) is 0.682. The van der Waals surface area contributed by atoms with Crippen LogP contribution in [0.25, 0.3) is 0 Å². The molecule has 0 atom stereocenters. The maximum Gasteiger partial charge on any atom is 0.416 e. The Bertz CT molecular complexity index is 424. The average molecular weight is 305 g/mol. The Hall–Kier alpha value is -1.50. The molecule has 0 fully saturated rings. The molecule has 0 saturated carbocycles. The lowest BCUT2D eigenvalue weighted by Gasteiger charge is -2.13. The van der Waals surface area contributed by atoms with E-state index in [2.05, 4.69) is 15.6 Å². The minimum atomic E-state index is -4.38. The van der Waals surface area contributed by atoms with Crippen molar-refractivity contribution in [1.29, 1.82) is 0 Å². The summed E-state index contributed by atoms with van der Waals surface area (Å²) in [6.45, 7) is 3.73. The SMILES string of the molecule is CCCNc1cc(C(F)(F)F)cc(NCCCCOC)n1. The van der Waals surface area contributed by atoms with Crippen molar-refractivity contribution in [2.75, 3.05) is 37.4 Å². The monoisotopic (exact) mass is 305 g/mol. The van der Waals surface area contributed by atoms with Gasteiger partial charge in [-0.3, -0.25) is 0 Å². The summed E-state index contributed by atoms with van der Waals surface area (Å²) >= 11 is 0. The van der Waals surface area contributed by atoms with Crippen LogP contribution in [0, 0.1) is 0 Å². The van der Waals surface area contributed by atoms with Gasteiger partial charge in [-0.25, -0.2) is 4.98 Å². The molecule has 0 radical (unpaired) electrons. The van der Waals surface area contributed by atoms with Crippen LogP contribution in [-0.4, -0.2) is 31.8 Å². The molecule has 0 aromatic carbocycles. The number of hydrogen-bond acceptors (Lipinski definition) is 4. The van der Waals surface area contributed by atoms with Gasteiger partial charge in [-0.2, -0.15) is 13.2 Å². The Balaban J connectivity index is 2.72. The molecule has 0 saturated heterocycles. The molecular weight excluding hydrogens is 283 g/mol. The van der Waals surface area contributed by atoms with Gasteiger partial charge in [0.1, 0.15) is 11.6 Å². The van der Waals surface area contributed by atoms with Crippen molar-refractivity contribution in [2.24, 2.45) is 0 Å². The summed E-state index contributed by atoms with van der Waals surface area (Å²) in [5.41, 5.74) is -0.699. The first-order chi connectivity index (χ1) is 9.97. The van der Waals surface area contributed by atoms with E-state index in [1.165, 1.54) is 0 Å².